The Morgan fingerprint density at radius 1 is 1.00 bits per heavy atom. The zero-order valence-electron chi connectivity index (χ0n) is 11.3. The van der Waals surface area contributed by atoms with Gasteiger partial charge in [-0.2, -0.15) is 0 Å². The summed E-state index contributed by atoms with van der Waals surface area (Å²) in [4.78, 5) is 14.5. The second kappa shape index (κ2) is 5.38. The average Bonchev–Trinajstić information content (AvgIpc) is 2.82. The van der Waals surface area contributed by atoms with E-state index < -0.39 is 12.2 Å². The molecule has 0 radical (unpaired) electrons. The third kappa shape index (κ3) is 2.64. The Balaban J connectivity index is 1.60. The predicted molar refractivity (Wildman–Crippen MR) is 70.4 cm³/mol. The van der Waals surface area contributed by atoms with E-state index in [-0.39, 0.29) is 5.92 Å². The molecule has 3 N–H and O–H groups in total. The molecule has 4 atom stereocenters. The highest BCUT2D eigenvalue weighted by molar-refractivity contribution is 5.79. The van der Waals surface area contributed by atoms with Gasteiger partial charge in [0.05, 0.1) is 12.2 Å². The van der Waals surface area contributed by atoms with E-state index in [4.69, 9.17) is 0 Å². The van der Waals surface area contributed by atoms with Gasteiger partial charge in [0.2, 0.25) is 5.91 Å². The van der Waals surface area contributed by atoms with Gasteiger partial charge >= 0.3 is 0 Å². The molecule has 0 aromatic heterocycles. The number of fused-ring (bicyclic) bond motifs is 1. The Labute approximate surface area is 114 Å². The molecule has 5 nitrogen and oxygen atoms in total. The highest BCUT2D eigenvalue weighted by Crippen LogP contribution is 2.37. The van der Waals surface area contributed by atoms with E-state index in [0.29, 0.717) is 30.6 Å². The van der Waals surface area contributed by atoms with E-state index in [0.717, 1.165) is 39.0 Å². The zero-order chi connectivity index (χ0) is 13.4. The first-order chi connectivity index (χ1) is 9.15. The number of piperidine rings is 1. The minimum Gasteiger partial charge on any atom is -0.390 e. The molecule has 2 aliphatic heterocycles. The molecule has 1 amide bonds. The zero-order valence-corrected chi connectivity index (χ0v) is 11.3. The summed E-state index contributed by atoms with van der Waals surface area (Å²) in [7, 11) is 0. The number of carbonyl (C=O) groups excluding carboxylic acids is 1. The monoisotopic (exact) mass is 268 g/mol. The minimum atomic E-state index is -0.602. The molecule has 0 spiro atoms. The topological polar surface area (TPSA) is 72.8 Å². The largest absolute Gasteiger partial charge is 0.390 e. The minimum absolute atomic E-state index is 0.177. The van der Waals surface area contributed by atoms with Crippen molar-refractivity contribution in [2.75, 3.05) is 26.2 Å². The molecule has 3 rings (SSSR count). The fourth-order valence-corrected chi connectivity index (χ4v) is 3.91. The van der Waals surface area contributed by atoms with E-state index in [1.54, 1.807) is 0 Å². The Hall–Kier alpha value is -0.650. The SMILES string of the molecule is O=C(C1CCNCC1)N1CC2CC(O)C(O)CC2C1. The summed E-state index contributed by atoms with van der Waals surface area (Å²) in [5, 5.41) is 22.8. The van der Waals surface area contributed by atoms with E-state index in [1.807, 2.05) is 4.90 Å². The lowest BCUT2D eigenvalue weighted by molar-refractivity contribution is -0.135. The smallest absolute Gasteiger partial charge is 0.225 e. The van der Waals surface area contributed by atoms with Crippen molar-refractivity contribution >= 4 is 5.91 Å². The van der Waals surface area contributed by atoms with Crippen molar-refractivity contribution in [3.63, 3.8) is 0 Å². The van der Waals surface area contributed by atoms with Crippen LogP contribution in [0.2, 0.25) is 0 Å². The summed E-state index contributed by atoms with van der Waals surface area (Å²) < 4.78 is 0. The third-order valence-corrected chi connectivity index (χ3v) is 5.11. The Bertz CT molecular complexity index is 326. The molecule has 3 fully saturated rings. The fraction of sp³-hybridized carbons (Fsp3) is 0.929. The van der Waals surface area contributed by atoms with Gasteiger partial charge in [0.1, 0.15) is 0 Å². The highest BCUT2D eigenvalue weighted by atomic mass is 16.3. The van der Waals surface area contributed by atoms with Gasteiger partial charge in [0, 0.05) is 19.0 Å². The van der Waals surface area contributed by atoms with Gasteiger partial charge in [-0.25, -0.2) is 0 Å². The van der Waals surface area contributed by atoms with Crippen LogP contribution in [-0.4, -0.2) is 59.4 Å². The van der Waals surface area contributed by atoms with Crippen molar-refractivity contribution in [3.05, 3.63) is 0 Å². The third-order valence-electron chi connectivity index (χ3n) is 5.11. The number of amides is 1. The number of nitrogens with zero attached hydrogens (tertiary/aromatic N) is 1. The number of aliphatic hydroxyl groups excluding tert-OH is 2. The van der Waals surface area contributed by atoms with Crippen LogP contribution in [0.25, 0.3) is 0 Å². The molecular weight excluding hydrogens is 244 g/mol. The molecule has 1 aliphatic carbocycles. The van der Waals surface area contributed by atoms with Crippen LogP contribution in [0.4, 0.5) is 0 Å². The second-order valence-electron chi connectivity index (χ2n) is 6.39. The van der Waals surface area contributed by atoms with Crippen LogP contribution in [0.1, 0.15) is 25.7 Å². The van der Waals surface area contributed by atoms with Crippen LogP contribution < -0.4 is 5.32 Å². The second-order valence-corrected chi connectivity index (χ2v) is 6.39. The molecule has 0 aromatic carbocycles. The van der Waals surface area contributed by atoms with Crippen molar-refractivity contribution in [2.45, 2.75) is 37.9 Å². The van der Waals surface area contributed by atoms with Gasteiger partial charge in [0.15, 0.2) is 0 Å². The van der Waals surface area contributed by atoms with Crippen molar-refractivity contribution in [2.24, 2.45) is 17.8 Å². The van der Waals surface area contributed by atoms with E-state index in [9.17, 15) is 15.0 Å². The molecule has 1 saturated carbocycles. The molecule has 2 saturated heterocycles. The van der Waals surface area contributed by atoms with Crippen LogP contribution >= 0.6 is 0 Å². The number of likely N-dealkylation sites (tertiary alicyclic amines) is 1. The average molecular weight is 268 g/mol. The first-order valence-electron chi connectivity index (χ1n) is 7.51. The van der Waals surface area contributed by atoms with Gasteiger partial charge in [-0.15, -0.1) is 0 Å². The van der Waals surface area contributed by atoms with Gasteiger partial charge in [-0.05, 0) is 50.6 Å². The normalized spacial score (nSPS) is 40.2. The maximum atomic E-state index is 12.5. The quantitative estimate of drug-likeness (QED) is 0.604. The lowest BCUT2D eigenvalue weighted by Gasteiger charge is -2.31. The lowest BCUT2D eigenvalue weighted by atomic mass is 9.79. The molecule has 0 aromatic rings. The number of carbonyl (C=O) groups is 1. The van der Waals surface area contributed by atoms with E-state index in [2.05, 4.69) is 5.32 Å². The van der Waals surface area contributed by atoms with Crippen molar-refractivity contribution in [1.29, 1.82) is 0 Å². The van der Waals surface area contributed by atoms with Gasteiger partial charge < -0.3 is 20.4 Å². The first kappa shape index (κ1) is 13.3. The van der Waals surface area contributed by atoms with E-state index in [1.165, 1.54) is 0 Å². The summed E-state index contributed by atoms with van der Waals surface area (Å²) >= 11 is 0. The molecule has 3 aliphatic rings. The number of hydrogen-bond acceptors (Lipinski definition) is 4. The molecule has 4 unspecified atom stereocenters. The first-order valence-corrected chi connectivity index (χ1v) is 7.51. The Morgan fingerprint density at radius 3 is 2.05 bits per heavy atom. The summed E-state index contributed by atoms with van der Waals surface area (Å²) in [6, 6.07) is 0. The Morgan fingerprint density at radius 2 is 1.53 bits per heavy atom. The summed E-state index contributed by atoms with van der Waals surface area (Å²) in [5.74, 6) is 1.23. The molecule has 108 valence electrons. The summed E-state index contributed by atoms with van der Waals surface area (Å²) in [6.45, 7) is 3.43. The van der Waals surface area contributed by atoms with Gasteiger partial charge in [-0.1, -0.05) is 0 Å². The number of rotatable bonds is 1. The Kier molecular flexibility index (Phi) is 3.78. The van der Waals surface area contributed by atoms with Crippen LogP contribution in [-0.2, 0) is 4.79 Å². The number of aliphatic hydroxyl groups is 2. The molecule has 5 heteroatoms. The highest BCUT2D eigenvalue weighted by Gasteiger charge is 2.43. The predicted octanol–water partition coefficient (Wildman–Crippen LogP) is -0.424. The number of nitrogens with one attached hydrogen (secondary N) is 1. The fourth-order valence-electron chi connectivity index (χ4n) is 3.91. The summed E-state index contributed by atoms with van der Waals surface area (Å²) in [6.07, 6.45) is 1.96. The lowest BCUT2D eigenvalue weighted by Crippen LogP contribution is -2.40. The molecular formula is C14H24N2O3. The van der Waals surface area contributed by atoms with E-state index >= 15 is 0 Å². The van der Waals surface area contributed by atoms with Crippen LogP contribution in [0.15, 0.2) is 0 Å². The molecule has 2 heterocycles. The molecule has 0 bridgehead atoms. The maximum Gasteiger partial charge on any atom is 0.225 e. The van der Waals surface area contributed by atoms with Crippen molar-refractivity contribution in [3.8, 4) is 0 Å². The van der Waals surface area contributed by atoms with Gasteiger partial charge in [0.25, 0.3) is 0 Å². The van der Waals surface area contributed by atoms with Crippen LogP contribution in [0.3, 0.4) is 0 Å². The van der Waals surface area contributed by atoms with Gasteiger partial charge in [-0.3, -0.25) is 4.79 Å². The van der Waals surface area contributed by atoms with Crippen molar-refractivity contribution < 1.29 is 15.0 Å². The van der Waals surface area contributed by atoms with Crippen molar-refractivity contribution in [1.82, 2.24) is 10.2 Å². The number of hydrogen-bond donors (Lipinski definition) is 3. The van der Waals surface area contributed by atoms with Crippen LogP contribution in [0.5, 0.6) is 0 Å². The maximum absolute atomic E-state index is 12.5. The molecule has 19 heavy (non-hydrogen) atoms. The standard InChI is InChI=1S/C14H24N2O3/c17-12-5-10-7-16(8-11(10)6-13(12)18)14(19)9-1-3-15-4-2-9/h9-13,15,17-18H,1-8H2. The van der Waals surface area contributed by atoms with Crippen LogP contribution in [0, 0.1) is 17.8 Å². The summed E-state index contributed by atoms with van der Waals surface area (Å²) in [5.41, 5.74) is 0.